The van der Waals surface area contributed by atoms with Gasteiger partial charge in [0.2, 0.25) is 11.8 Å². The lowest BCUT2D eigenvalue weighted by molar-refractivity contribution is -0.162. The first kappa shape index (κ1) is 34.6. The molecule has 266 valence electrons. The minimum absolute atomic E-state index is 0.0588. The number of amides is 3. The summed E-state index contributed by atoms with van der Waals surface area (Å²) in [7, 11) is 1.51. The lowest BCUT2D eigenvalue weighted by Gasteiger charge is -2.35. The van der Waals surface area contributed by atoms with Crippen LogP contribution in [0, 0.1) is 11.8 Å². The van der Waals surface area contributed by atoms with E-state index in [9.17, 15) is 24.3 Å². The van der Waals surface area contributed by atoms with E-state index in [0.717, 1.165) is 10.8 Å². The van der Waals surface area contributed by atoms with Gasteiger partial charge in [0, 0.05) is 38.9 Å². The monoisotopic (exact) mass is 693 g/mol. The summed E-state index contributed by atoms with van der Waals surface area (Å²) < 4.78 is 18.6. The summed E-state index contributed by atoms with van der Waals surface area (Å²) in [5.74, 6) is -3.74. The Bertz CT molecular complexity index is 1850. The molecular weight excluding hydrogens is 650 g/mol. The molecule has 11 heteroatoms. The molecule has 4 aliphatic heterocycles. The molecule has 2 saturated heterocycles. The number of anilines is 1. The number of carbonyl (C=O) groups excluding carboxylic acids is 4. The number of nitrogens with one attached hydrogen (secondary N) is 1. The summed E-state index contributed by atoms with van der Waals surface area (Å²) in [6.45, 7) is 0.459. The van der Waals surface area contributed by atoms with Gasteiger partial charge in [-0.15, -0.1) is 0 Å². The Kier molecular flexibility index (Phi) is 10.0. The Balaban J connectivity index is 1.30. The molecule has 4 aliphatic rings. The normalized spacial score (nSPS) is 30.1. The minimum atomic E-state index is -1.47. The molecule has 3 amide bonds. The van der Waals surface area contributed by atoms with E-state index in [1.165, 1.54) is 7.11 Å². The maximum Gasteiger partial charge on any atom is 0.313 e. The molecule has 4 heterocycles. The highest BCUT2D eigenvalue weighted by Gasteiger charge is 2.71. The number of carbonyl (C=O) groups is 4. The van der Waals surface area contributed by atoms with Crippen molar-refractivity contribution in [3.63, 3.8) is 0 Å². The number of rotatable bonds is 8. The van der Waals surface area contributed by atoms with Crippen molar-refractivity contribution in [1.29, 1.82) is 0 Å². The molecule has 0 aromatic heterocycles. The third kappa shape index (κ3) is 6.45. The second kappa shape index (κ2) is 14.8. The van der Waals surface area contributed by atoms with E-state index in [1.807, 2.05) is 78.9 Å². The van der Waals surface area contributed by atoms with E-state index in [2.05, 4.69) is 5.32 Å². The van der Waals surface area contributed by atoms with E-state index in [-0.39, 0.29) is 50.4 Å². The Labute approximate surface area is 296 Å². The number of likely N-dealkylation sites (tertiary alicyclic amines) is 1. The van der Waals surface area contributed by atoms with Crippen molar-refractivity contribution >= 4 is 40.2 Å². The van der Waals surface area contributed by atoms with Gasteiger partial charge in [-0.1, -0.05) is 85.0 Å². The lowest BCUT2D eigenvalue weighted by Crippen LogP contribution is -2.55. The van der Waals surface area contributed by atoms with Crippen LogP contribution in [-0.2, 0) is 33.4 Å². The van der Waals surface area contributed by atoms with Crippen molar-refractivity contribution in [3.05, 3.63) is 103 Å². The van der Waals surface area contributed by atoms with Crippen LogP contribution in [0.5, 0.6) is 0 Å². The molecule has 3 aromatic carbocycles. The van der Waals surface area contributed by atoms with Crippen LogP contribution in [0.4, 0.5) is 5.69 Å². The van der Waals surface area contributed by atoms with Crippen molar-refractivity contribution in [3.8, 4) is 0 Å². The topological polar surface area (TPSA) is 135 Å². The molecule has 1 spiro atoms. The van der Waals surface area contributed by atoms with Gasteiger partial charge in [-0.2, -0.15) is 0 Å². The first-order valence-electron chi connectivity index (χ1n) is 17.6. The number of fused-ring (bicyclic) bond motifs is 3. The second-order valence-corrected chi connectivity index (χ2v) is 13.6. The molecule has 0 unspecified atom stereocenters. The zero-order valence-electron chi connectivity index (χ0n) is 28.6. The molecule has 51 heavy (non-hydrogen) atoms. The lowest BCUT2D eigenvalue weighted by atomic mass is 9.77. The summed E-state index contributed by atoms with van der Waals surface area (Å²) in [4.78, 5) is 60.4. The Hall–Kier alpha value is -4.84. The number of hydrogen-bond donors (Lipinski definition) is 2. The van der Waals surface area contributed by atoms with E-state index < -0.39 is 47.7 Å². The predicted octanol–water partition coefficient (Wildman–Crippen LogP) is 3.86. The molecule has 7 rings (SSSR count). The maximum absolute atomic E-state index is 14.9. The predicted molar refractivity (Wildman–Crippen MR) is 189 cm³/mol. The summed E-state index contributed by atoms with van der Waals surface area (Å²) in [6, 6.07) is 21.1. The number of aliphatic hydroxyl groups excluding tert-OH is 1. The highest BCUT2D eigenvalue weighted by Crippen LogP contribution is 2.53. The minimum Gasteiger partial charge on any atom is -0.455 e. The molecule has 0 bridgehead atoms. The number of unbranched alkanes of at least 4 members (excludes halogenated alkanes) is 1. The largest absolute Gasteiger partial charge is 0.455 e. The zero-order chi connectivity index (χ0) is 35.5. The number of aliphatic hydroxyl groups is 1. The Morgan fingerprint density at radius 3 is 2.51 bits per heavy atom. The molecule has 0 saturated carbocycles. The average molecular weight is 694 g/mol. The summed E-state index contributed by atoms with van der Waals surface area (Å²) in [5, 5.41) is 14.6. The quantitative estimate of drug-likeness (QED) is 0.207. The van der Waals surface area contributed by atoms with E-state index in [0.29, 0.717) is 30.5 Å². The van der Waals surface area contributed by atoms with Crippen LogP contribution in [0.3, 0.4) is 0 Å². The molecule has 3 aromatic rings. The number of allylic oxidation sites excluding steroid dienone is 1. The third-order valence-corrected chi connectivity index (χ3v) is 10.4. The van der Waals surface area contributed by atoms with Crippen molar-refractivity contribution in [1.82, 2.24) is 10.2 Å². The van der Waals surface area contributed by atoms with Crippen LogP contribution in [0.25, 0.3) is 10.8 Å². The van der Waals surface area contributed by atoms with E-state index in [4.69, 9.17) is 14.2 Å². The standard InChI is InChI=1S/C40H43N3O8/c1-49-25-30-35(27-13-3-2-4-14-27)50-39(48)33-31(16-7-8-17-32(45)41-30)51-40-20-11-22-42(29-19-18-26-12-5-6-15-28(26)24-29)38(47)36(40)43(21-9-10-23-44)37(46)34(33)40/h2-7,11-16,18-20,24,30-31,33-36,44H,8-10,17,21-23,25H2,1H3,(H,41,45)/b16-7-/t30-,31-,33+,34+,35-,36-,40+/m1/s1. The van der Waals surface area contributed by atoms with Crippen LogP contribution in [0.2, 0.25) is 0 Å². The van der Waals surface area contributed by atoms with Gasteiger partial charge in [-0.05, 0) is 47.7 Å². The van der Waals surface area contributed by atoms with Gasteiger partial charge in [-0.3, -0.25) is 19.2 Å². The van der Waals surface area contributed by atoms with Crippen molar-refractivity contribution in [2.24, 2.45) is 11.8 Å². The number of cyclic esters (lactones) is 1. The van der Waals surface area contributed by atoms with E-state index >= 15 is 0 Å². The highest BCUT2D eigenvalue weighted by atomic mass is 16.6. The third-order valence-electron chi connectivity index (χ3n) is 10.4. The van der Waals surface area contributed by atoms with Crippen LogP contribution >= 0.6 is 0 Å². The van der Waals surface area contributed by atoms with Crippen molar-refractivity contribution in [2.75, 3.05) is 38.3 Å². The molecule has 2 fully saturated rings. The van der Waals surface area contributed by atoms with Crippen LogP contribution in [0.15, 0.2) is 97.1 Å². The van der Waals surface area contributed by atoms with Gasteiger partial charge in [0.05, 0.1) is 24.7 Å². The van der Waals surface area contributed by atoms with Crippen LogP contribution in [0.1, 0.15) is 37.4 Å². The van der Waals surface area contributed by atoms with Gasteiger partial charge in [0.1, 0.15) is 23.7 Å². The fraction of sp³-hybridized carbons (Fsp3) is 0.400. The zero-order valence-corrected chi connectivity index (χ0v) is 28.6. The maximum atomic E-state index is 14.9. The molecule has 7 atom stereocenters. The van der Waals surface area contributed by atoms with Gasteiger partial charge >= 0.3 is 5.97 Å². The van der Waals surface area contributed by atoms with E-state index in [1.54, 1.807) is 28.0 Å². The number of hydrogen-bond acceptors (Lipinski definition) is 8. The highest BCUT2D eigenvalue weighted by molar-refractivity contribution is 6.06. The molecule has 0 radical (unpaired) electrons. The molecule has 2 N–H and O–H groups in total. The number of nitrogens with zero attached hydrogens (tertiary/aromatic N) is 2. The Morgan fingerprint density at radius 2 is 1.73 bits per heavy atom. The SMILES string of the molecule is COC[C@H]1NC(=O)CC/C=C\[C@H]2O[C@]34C=CCN(c5ccc6ccccc6c5)C(=O)[C@H]3N(CCCCO)C(=O)[C@@H]4[C@H]2C(=O)O[C@@H]1c1ccccc1. The van der Waals surface area contributed by atoms with Crippen LogP contribution < -0.4 is 10.2 Å². The van der Waals surface area contributed by atoms with Crippen molar-refractivity contribution in [2.45, 2.75) is 55.6 Å². The number of benzene rings is 3. The Morgan fingerprint density at radius 1 is 0.941 bits per heavy atom. The number of ether oxygens (including phenoxy) is 3. The van der Waals surface area contributed by atoms with Gasteiger partial charge in [0.25, 0.3) is 5.91 Å². The fourth-order valence-corrected chi connectivity index (χ4v) is 8.10. The van der Waals surface area contributed by atoms with Gasteiger partial charge in [-0.25, -0.2) is 0 Å². The summed E-state index contributed by atoms with van der Waals surface area (Å²) in [6.07, 6.45) is 6.77. The first-order chi connectivity index (χ1) is 24.9. The molecule has 11 nitrogen and oxygen atoms in total. The smallest absolute Gasteiger partial charge is 0.313 e. The summed E-state index contributed by atoms with van der Waals surface area (Å²) >= 11 is 0. The number of esters is 1. The van der Waals surface area contributed by atoms with Gasteiger partial charge in [0.15, 0.2) is 0 Å². The number of methoxy groups -OCH3 is 1. The average Bonchev–Trinajstić information content (AvgIpc) is 3.52. The fourth-order valence-electron chi connectivity index (χ4n) is 8.10. The summed E-state index contributed by atoms with van der Waals surface area (Å²) in [5.41, 5.74) is -0.134. The first-order valence-corrected chi connectivity index (χ1v) is 17.6. The van der Waals surface area contributed by atoms with Gasteiger partial charge < -0.3 is 34.4 Å². The molecular formula is C40H43N3O8. The van der Waals surface area contributed by atoms with Crippen molar-refractivity contribution < 1.29 is 38.5 Å². The molecule has 0 aliphatic carbocycles. The van der Waals surface area contributed by atoms with Crippen LogP contribution in [-0.4, -0.2) is 90.9 Å². The second-order valence-electron chi connectivity index (χ2n) is 13.6.